The molecule has 1 aliphatic rings. The van der Waals surface area contributed by atoms with Crippen LogP contribution in [0.1, 0.15) is 30.4 Å². The Labute approximate surface area is 240 Å². The minimum atomic E-state index is -0.419. The van der Waals surface area contributed by atoms with Gasteiger partial charge in [0.05, 0.1) is 39.7 Å². The van der Waals surface area contributed by atoms with Crippen molar-refractivity contribution < 1.29 is 28.5 Å². The van der Waals surface area contributed by atoms with E-state index in [0.29, 0.717) is 42.4 Å². The van der Waals surface area contributed by atoms with Crippen molar-refractivity contribution in [3.05, 3.63) is 77.9 Å². The number of methoxy groups -OCH3 is 3. The van der Waals surface area contributed by atoms with Crippen LogP contribution in [-0.4, -0.2) is 63.1 Å². The first-order valence-corrected chi connectivity index (χ1v) is 13.6. The third kappa shape index (κ3) is 7.36. The number of nitrogens with one attached hydrogen (secondary N) is 1. The maximum Gasteiger partial charge on any atom is 0.306 e. The van der Waals surface area contributed by atoms with Gasteiger partial charge in [0.15, 0.2) is 11.5 Å². The third-order valence-corrected chi connectivity index (χ3v) is 7.41. The number of nitrogen functional groups attached to an aromatic ring is 1. The van der Waals surface area contributed by atoms with Gasteiger partial charge < -0.3 is 29.6 Å². The molecular formula is C32H37N3O6. The van der Waals surface area contributed by atoms with Crippen LogP contribution in [0, 0.1) is 11.3 Å². The van der Waals surface area contributed by atoms with E-state index in [-0.39, 0.29) is 30.2 Å². The van der Waals surface area contributed by atoms with Crippen molar-refractivity contribution in [2.75, 3.05) is 34.5 Å². The van der Waals surface area contributed by atoms with E-state index in [1.807, 2.05) is 71.6 Å². The van der Waals surface area contributed by atoms with Gasteiger partial charge in [-0.25, -0.2) is 0 Å². The van der Waals surface area contributed by atoms with Crippen LogP contribution in [0.5, 0.6) is 17.2 Å². The Morgan fingerprint density at radius 3 is 2.22 bits per heavy atom. The highest BCUT2D eigenvalue weighted by atomic mass is 16.5. The molecule has 0 unspecified atom stereocenters. The molecule has 9 heteroatoms. The summed E-state index contributed by atoms with van der Waals surface area (Å²) in [4.78, 5) is 27.1. The first-order chi connectivity index (χ1) is 19.8. The number of rotatable bonds is 13. The lowest BCUT2D eigenvalue weighted by Crippen LogP contribution is -2.38. The number of carbonyl (C=O) groups is 2. The Kier molecular flexibility index (Phi) is 9.84. The maximum absolute atomic E-state index is 13.3. The van der Waals surface area contributed by atoms with E-state index in [1.54, 1.807) is 14.2 Å². The van der Waals surface area contributed by atoms with Gasteiger partial charge in [0.2, 0.25) is 5.91 Å². The number of amidine groups is 1. The molecule has 3 N–H and O–H groups in total. The largest absolute Gasteiger partial charge is 0.493 e. The summed E-state index contributed by atoms with van der Waals surface area (Å²) < 4.78 is 21.7. The molecule has 3 aromatic carbocycles. The highest BCUT2D eigenvalue weighted by Crippen LogP contribution is 2.31. The number of likely N-dealkylation sites (tertiary alicyclic amines) is 1. The fourth-order valence-electron chi connectivity index (χ4n) is 5.14. The summed E-state index contributed by atoms with van der Waals surface area (Å²) in [6, 6.07) is 20.9. The Balaban J connectivity index is 1.39. The number of nitrogens with two attached hydrogens (primary N) is 1. The fraction of sp³-hybridized carbons (Fsp3) is 0.344. The summed E-state index contributed by atoms with van der Waals surface area (Å²) in [5.74, 6) is 1.23. The zero-order valence-corrected chi connectivity index (χ0v) is 23.7. The second-order valence-electron chi connectivity index (χ2n) is 10.0. The van der Waals surface area contributed by atoms with Crippen molar-refractivity contribution in [1.29, 1.82) is 5.41 Å². The summed E-state index contributed by atoms with van der Waals surface area (Å²) >= 11 is 0. The first-order valence-electron chi connectivity index (χ1n) is 13.6. The predicted molar refractivity (Wildman–Crippen MR) is 156 cm³/mol. The fourth-order valence-corrected chi connectivity index (χ4v) is 5.14. The van der Waals surface area contributed by atoms with Gasteiger partial charge in [-0.05, 0) is 60.2 Å². The molecule has 2 atom stereocenters. The van der Waals surface area contributed by atoms with Gasteiger partial charge in [-0.2, -0.15) is 0 Å². The van der Waals surface area contributed by atoms with Gasteiger partial charge in [0.1, 0.15) is 18.2 Å². The Hall–Kier alpha value is -4.53. The van der Waals surface area contributed by atoms with E-state index in [4.69, 9.17) is 30.1 Å². The van der Waals surface area contributed by atoms with Crippen LogP contribution >= 0.6 is 0 Å². The predicted octanol–water partition coefficient (Wildman–Crippen LogP) is 4.45. The second-order valence-corrected chi connectivity index (χ2v) is 10.0. The molecule has 1 heterocycles. The molecule has 0 saturated carbocycles. The third-order valence-electron chi connectivity index (χ3n) is 7.41. The summed E-state index contributed by atoms with van der Waals surface area (Å²) in [6.45, 7) is 0.875. The van der Waals surface area contributed by atoms with Crippen LogP contribution < -0.4 is 19.9 Å². The van der Waals surface area contributed by atoms with Crippen molar-refractivity contribution in [3.63, 3.8) is 0 Å². The molecule has 1 saturated heterocycles. The first kappa shape index (κ1) is 29.5. The SMILES string of the molecule is COC(=O)C[C@@H]1C[C@@H](COc2ccc(-c3ccc(C(=N)N)cc3)cc2)N(CCCc2ccc(OC)c(OC)c2)C1=O. The number of benzene rings is 3. The van der Waals surface area contributed by atoms with Gasteiger partial charge in [-0.15, -0.1) is 0 Å². The monoisotopic (exact) mass is 559 g/mol. The van der Waals surface area contributed by atoms with E-state index in [0.717, 1.165) is 29.5 Å². The van der Waals surface area contributed by atoms with Crippen molar-refractivity contribution in [2.45, 2.75) is 31.7 Å². The highest BCUT2D eigenvalue weighted by molar-refractivity contribution is 5.95. The lowest BCUT2D eigenvalue weighted by atomic mass is 10.0. The zero-order chi connectivity index (χ0) is 29.4. The quantitative estimate of drug-likeness (QED) is 0.180. The minimum Gasteiger partial charge on any atom is -0.493 e. The number of ether oxygens (including phenoxy) is 4. The van der Waals surface area contributed by atoms with Crippen LogP contribution in [0.2, 0.25) is 0 Å². The average Bonchev–Trinajstić information content (AvgIpc) is 3.29. The summed E-state index contributed by atoms with van der Waals surface area (Å²) in [6.07, 6.45) is 2.11. The number of hydrogen-bond acceptors (Lipinski definition) is 7. The normalized spacial score (nSPS) is 16.4. The van der Waals surface area contributed by atoms with E-state index in [2.05, 4.69) is 0 Å². The summed E-state index contributed by atoms with van der Waals surface area (Å²) in [7, 11) is 4.55. The molecular weight excluding hydrogens is 522 g/mol. The van der Waals surface area contributed by atoms with Crippen LogP contribution in [0.25, 0.3) is 11.1 Å². The number of nitrogens with zero attached hydrogens (tertiary/aromatic N) is 1. The molecule has 0 aliphatic carbocycles. The van der Waals surface area contributed by atoms with Gasteiger partial charge in [-0.3, -0.25) is 15.0 Å². The molecule has 1 fully saturated rings. The van der Waals surface area contributed by atoms with Gasteiger partial charge in [0, 0.05) is 12.1 Å². The number of carbonyl (C=O) groups excluding carboxylic acids is 2. The highest BCUT2D eigenvalue weighted by Gasteiger charge is 2.40. The zero-order valence-electron chi connectivity index (χ0n) is 23.7. The van der Waals surface area contributed by atoms with Crippen molar-refractivity contribution in [1.82, 2.24) is 4.90 Å². The van der Waals surface area contributed by atoms with Crippen LogP contribution in [-0.2, 0) is 20.7 Å². The molecule has 0 bridgehead atoms. The molecule has 4 rings (SSSR count). The van der Waals surface area contributed by atoms with E-state index in [1.165, 1.54) is 7.11 Å². The Bertz CT molecular complexity index is 1360. The molecule has 1 aliphatic heterocycles. The van der Waals surface area contributed by atoms with Crippen molar-refractivity contribution >= 4 is 17.7 Å². The van der Waals surface area contributed by atoms with E-state index >= 15 is 0 Å². The van der Waals surface area contributed by atoms with E-state index in [9.17, 15) is 9.59 Å². The van der Waals surface area contributed by atoms with Gasteiger partial charge >= 0.3 is 5.97 Å². The lowest BCUT2D eigenvalue weighted by Gasteiger charge is -2.25. The molecule has 9 nitrogen and oxygen atoms in total. The molecule has 216 valence electrons. The van der Waals surface area contributed by atoms with E-state index < -0.39 is 5.92 Å². The second kappa shape index (κ2) is 13.7. The van der Waals surface area contributed by atoms with Gasteiger partial charge in [-0.1, -0.05) is 42.5 Å². The molecule has 3 aromatic rings. The maximum atomic E-state index is 13.3. The van der Waals surface area contributed by atoms with Crippen LogP contribution in [0.4, 0.5) is 0 Å². The Morgan fingerprint density at radius 2 is 1.61 bits per heavy atom. The number of hydrogen-bond donors (Lipinski definition) is 2. The number of aryl methyl sites for hydroxylation is 1. The average molecular weight is 560 g/mol. The number of esters is 1. The molecule has 0 radical (unpaired) electrons. The molecule has 0 spiro atoms. The van der Waals surface area contributed by atoms with Gasteiger partial charge in [0.25, 0.3) is 0 Å². The Morgan fingerprint density at radius 1 is 0.951 bits per heavy atom. The topological polar surface area (TPSA) is 124 Å². The van der Waals surface area contributed by atoms with Crippen molar-refractivity contribution in [3.8, 4) is 28.4 Å². The smallest absolute Gasteiger partial charge is 0.306 e. The van der Waals surface area contributed by atoms with Crippen LogP contribution in [0.15, 0.2) is 66.7 Å². The number of amides is 1. The lowest BCUT2D eigenvalue weighted by molar-refractivity contribution is -0.144. The molecule has 41 heavy (non-hydrogen) atoms. The van der Waals surface area contributed by atoms with Crippen molar-refractivity contribution in [2.24, 2.45) is 11.7 Å². The summed E-state index contributed by atoms with van der Waals surface area (Å²) in [5.41, 5.74) is 9.34. The van der Waals surface area contributed by atoms with Crippen LogP contribution in [0.3, 0.4) is 0 Å². The minimum absolute atomic E-state index is 0.0366. The standard InChI is InChI=1S/C32H37N3O6/c1-38-28-15-6-21(17-29(28)39-2)5-4-16-35-26(18-25(32(35)37)19-30(36)40-3)20-41-27-13-11-23(12-14-27)22-7-9-24(10-8-22)31(33)34/h6-15,17,25-26H,4-5,16,18-20H2,1-3H3,(H3,33,34)/t25-,26-/m0/s1. The molecule has 1 amide bonds. The molecule has 0 aromatic heterocycles. The summed E-state index contributed by atoms with van der Waals surface area (Å²) in [5, 5.41) is 7.55.